The van der Waals surface area contributed by atoms with Crippen LogP contribution in [0.5, 0.6) is 5.75 Å². The van der Waals surface area contributed by atoms with Gasteiger partial charge in [-0.05, 0) is 12.1 Å². The van der Waals surface area contributed by atoms with Crippen LogP contribution < -0.4 is 9.64 Å². The summed E-state index contributed by atoms with van der Waals surface area (Å²) in [5.74, 6) is -1.26. The minimum absolute atomic E-state index is 0.284. The van der Waals surface area contributed by atoms with Crippen molar-refractivity contribution >= 4 is 17.5 Å². The predicted molar refractivity (Wildman–Crippen MR) is 76.3 cm³/mol. The Kier molecular flexibility index (Phi) is 2.70. The third-order valence-electron chi connectivity index (χ3n) is 4.71. The fraction of sp³-hybridized carbons (Fsp3) is 0.375. The highest BCUT2D eigenvalue weighted by atomic mass is 16.5. The van der Waals surface area contributed by atoms with E-state index in [2.05, 4.69) is 0 Å². The molecule has 1 N–H and O–H groups in total. The monoisotopic (exact) mass is 301 g/mol. The predicted octanol–water partition coefficient (Wildman–Crippen LogP) is 0.500. The smallest absolute Gasteiger partial charge is 0.241 e. The largest absolute Gasteiger partial charge is 0.497 e. The lowest BCUT2D eigenvalue weighted by Gasteiger charge is -2.26. The second kappa shape index (κ2) is 4.41. The molecule has 2 amide bonds. The highest BCUT2D eigenvalue weighted by Gasteiger charge is 2.67. The number of aliphatic hydroxyl groups excluding tert-OH is 1. The van der Waals surface area contributed by atoms with E-state index in [0.29, 0.717) is 11.4 Å². The molecule has 6 nitrogen and oxygen atoms in total. The SMILES string of the molecule is COc1cccc(N2C(=O)[C@@H]3[C@H]4C=C[C@@](CO)(O4)[C@H]3C2=O)c1. The van der Waals surface area contributed by atoms with Crippen molar-refractivity contribution in [1.29, 1.82) is 0 Å². The first kappa shape index (κ1) is 13.5. The Labute approximate surface area is 126 Å². The van der Waals surface area contributed by atoms with E-state index in [1.807, 2.05) is 0 Å². The zero-order valence-corrected chi connectivity index (χ0v) is 11.9. The molecular weight excluding hydrogens is 286 g/mol. The number of anilines is 1. The molecule has 2 bridgehead atoms. The number of rotatable bonds is 3. The van der Waals surface area contributed by atoms with Crippen LogP contribution in [0.4, 0.5) is 5.69 Å². The van der Waals surface area contributed by atoms with Crippen LogP contribution in [0.3, 0.4) is 0 Å². The second-order valence-electron chi connectivity index (χ2n) is 5.77. The first-order valence-electron chi connectivity index (χ1n) is 7.11. The number of amides is 2. The van der Waals surface area contributed by atoms with Crippen LogP contribution in [0.15, 0.2) is 36.4 Å². The normalized spacial score (nSPS) is 35.4. The molecule has 2 saturated heterocycles. The Bertz CT molecular complexity index is 700. The number of carbonyl (C=O) groups is 2. The fourth-order valence-electron chi connectivity index (χ4n) is 3.69. The molecule has 1 aromatic carbocycles. The quantitative estimate of drug-likeness (QED) is 0.650. The summed E-state index contributed by atoms with van der Waals surface area (Å²) in [5, 5.41) is 9.66. The molecule has 22 heavy (non-hydrogen) atoms. The van der Waals surface area contributed by atoms with Gasteiger partial charge in [0, 0.05) is 6.07 Å². The van der Waals surface area contributed by atoms with Gasteiger partial charge in [0.25, 0.3) is 0 Å². The van der Waals surface area contributed by atoms with Gasteiger partial charge in [0.2, 0.25) is 11.8 Å². The third kappa shape index (κ3) is 1.51. The summed E-state index contributed by atoms with van der Waals surface area (Å²) in [6.45, 7) is -0.313. The van der Waals surface area contributed by atoms with E-state index in [0.717, 1.165) is 0 Å². The number of nitrogens with zero attached hydrogens (tertiary/aromatic N) is 1. The number of fused-ring (bicyclic) bond motifs is 5. The van der Waals surface area contributed by atoms with Crippen LogP contribution in [-0.2, 0) is 14.3 Å². The Morgan fingerprint density at radius 1 is 1.36 bits per heavy atom. The van der Waals surface area contributed by atoms with Gasteiger partial charge in [0.1, 0.15) is 11.4 Å². The van der Waals surface area contributed by atoms with Crippen molar-refractivity contribution in [1.82, 2.24) is 0 Å². The highest BCUT2D eigenvalue weighted by molar-refractivity contribution is 6.23. The van der Waals surface area contributed by atoms with Crippen molar-refractivity contribution in [2.45, 2.75) is 11.7 Å². The van der Waals surface area contributed by atoms with E-state index >= 15 is 0 Å². The van der Waals surface area contributed by atoms with Gasteiger partial charge in [0.05, 0.1) is 37.3 Å². The minimum Gasteiger partial charge on any atom is -0.497 e. The molecule has 0 radical (unpaired) electrons. The average Bonchev–Trinajstić information content (AvgIpc) is 3.18. The van der Waals surface area contributed by atoms with E-state index < -0.39 is 23.5 Å². The minimum atomic E-state index is -1.06. The van der Waals surface area contributed by atoms with Gasteiger partial charge >= 0.3 is 0 Å². The summed E-state index contributed by atoms with van der Waals surface area (Å²) in [6, 6.07) is 6.83. The summed E-state index contributed by atoms with van der Waals surface area (Å²) < 4.78 is 10.8. The Hall–Kier alpha value is -2.18. The number of imide groups is 1. The Morgan fingerprint density at radius 2 is 2.18 bits per heavy atom. The molecule has 0 unspecified atom stereocenters. The molecule has 3 heterocycles. The molecule has 2 fully saturated rings. The van der Waals surface area contributed by atoms with Crippen molar-refractivity contribution in [3.05, 3.63) is 36.4 Å². The van der Waals surface area contributed by atoms with Crippen LogP contribution in [0.25, 0.3) is 0 Å². The lowest BCUT2D eigenvalue weighted by atomic mass is 9.77. The molecular formula is C16H15NO5. The van der Waals surface area contributed by atoms with Crippen molar-refractivity contribution in [2.24, 2.45) is 11.8 Å². The summed E-state index contributed by atoms with van der Waals surface area (Å²) in [7, 11) is 1.53. The number of carbonyl (C=O) groups excluding carboxylic acids is 2. The van der Waals surface area contributed by atoms with Gasteiger partial charge in [-0.3, -0.25) is 9.59 Å². The number of benzene rings is 1. The van der Waals surface area contributed by atoms with Gasteiger partial charge in [-0.25, -0.2) is 4.90 Å². The van der Waals surface area contributed by atoms with E-state index in [-0.39, 0.29) is 18.4 Å². The number of ether oxygens (including phenoxy) is 2. The molecule has 4 atom stereocenters. The van der Waals surface area contributed by atoms with Crippen LogP contribution in [0, 0.1) is 11.8 Å². The Morgan fingerprint density at radius 3 is 2.91 bits per heavy atom. The van der Waals surface area contributed by atoms with Gasteiger partial charge in [0.15, 0.2) is 0 Å². The topological polar surface area (TPSA) is 76.1 Å². The molecule has 1 aromatic rings. The molecule has 4 rings (SSSR count). The summed E-state index contributed by atoms with van der Waals surface area (Å²) in [5.41, 5.74) is -0.577. The first-order chi connectivity index (χ1) is 10.6. The van der Waals surface area contributed by atoms with Crippen molar-refractivity contribution in [3.8, 4) is 5.75 Å². The van der Waals surface area contributed by atoms with Gasteiger partial charge in [-0.2, -0.15) is 0 Å². The standard InChI is InChI=1S/C16H15NO5/c1-21-10-4-2-3-9(7-10)17-14(19)12-11-5-6-16(8-18,22-11)13(12)15(17)20/h2-7,11-13,18H,8H2,1H3/t11-,12-,13-,16+/m1/s1. The molecule has 114 valence electrons. The maximum atomic E-state index is 12.8. The van der Waals surface area contributed by atoms with E-state index in [9.17, 15) is 14.7 Å². The van der Waals surface area contributed by atoms with Crippen LogP contribution in [-0.4, -0.2) is 42.3 Å². The van der Waals surface area contributed by atoms with E-state index in [1.54, 1.807) is 36.4 Å². The van der Waals surface area contributed by atoms with Crippen LogP contribution >= 0.6 is 0 Å². The maximum absolute atomic E-state index is 12.8. The summed E-state index contributed by atoms with van der Waals surface area (Å²) in [4.78, 5) is 26.7. The molecule has 3 aliphatic heterocycles. The van der Waals surface area contributed by atoms with E-state index in [4.69, 9.17) is 9.47 Å². The third-order valence-corrected chi connectivity index (χ3v) is 4.71. The summed E-state index contributed by atoms with van der Waals surface area (Å²) >= 11 is 0. The number of methoxy groups -OCH3 is 1. The van der Waals surface area contributed by atoms with Gasteiger partial charge < -0.3 is 14.6 Å². The maximum Gasteiger partial charge on any atom is 0.241 e. The average molecular weight is 301 g/mol. The number of aliphatic hydroxyl groups is 1. The van der Waals surface area contributed by atoms with Crippen molar-refractivity contribution < 1.29 is 24.2 Å². The van der Waals surface area contributed by atoms with Crippen molar-refractivity contribution in [2.75, 3.05) is 18.6 Å². The summed E-state index contributed by atoms with van der Waals surface area (Å²) in [6.07, 6.45) is 3.03. The van der Waals surface area contributed by atoms with Crippen molar-refractivity contribution in [3.63, 3.8) is 0 Å². The second-order valence-corrected chi connectivity index (χ2v) is 5.77. The van der Waals surface area contributed by atoms with Gasteiger partial charge in [-0.1, -0.05) is 18.2 Å². The highest BCUT2D eigenvalue weighted by Crippen LogP contribution is 2.52. The van der Waals surface area contributed by atoms with Crippen LogP contribution in [0.1, 0.15) is 0 Å². The molecule has 0 saturated carbocycles. The fourth-order valence-corrected chi connectivity index (χ4v) is 3.69. The Balaban J connectivity index is 1.76. The zero-order chi connectivity index (χ0) is 15.5. The zero-order valence-electron chi connectivity index (χ0n) is 11.9. The first-order valence-corrected chi connectivity index (χ1v) is 7.11. The number of hydrogen-bond acceptors (Lipinski definition) is 5. The molecule has 0 aliphatic carbocycles. The molecule has 0 aromatic heterocycles. The van der Waals surface area contributed by atoms with E-state index in [1.165, 1.54) is 12.0 Å². The lowest BCUT2D eigenvalue weighted by Crippen LogP contribution is -2.43. The molecule has 6 heteroatoms. The van der Waals surface area contributed by atoms with Gasteiger partial charge in [-0.15, -0.1) is 0 Å². The lowest BCUT2D eigenvalue weighted by molar-refractivity contribution is -0.128. The molecule has 3 aliphatic rings. The number of hydrogen-bond donors (Lipinski definition) is 1. The molecule has 0 spiro atoms. The van der Waals surface area contributed by atoms with Crippen LogP contribution in [0.2, 0.25) is 0 Å².